The number of fused-ring (bicyclic) bond motifs is 1. The molecule has 0 unspecified atom stereocenters. The highest BCUT2D eigenvalue weighted by atomic mass is 16.5. The van der Waals surface area contributed by atoms with Crippen LogP contribution in [0.5, 0.6) is 0 Å². The predicted molar refractivity (Wildman–Crippen MR) is 113 cm³/mol. The highest BCUT2D eigenvalue weighted by Gasteiger charge is 2.23. The molecule has 0 saturated heterocycles. The average Bonchev–Trinajstić information content (AvgIpc) is 3.11. The Balaban J connectivity index is 2.29. The van der Waals surface area contributed by atoms with E-state index in [-0.39, 0.29) is 5.97 Å². The first kappa shape index (κ1) is 19.9. The van der Waals surface area contributed by atoms with Crippen molar-refractivity contribution < 1.29 is 14.3 Å². The van der Waals surface area contributed by atoms with Gasteiger partial charge in [-0.05, 0) is 36.5 Å². The molecule has 3 rings (SSSR count). The molecule has 3 aromatic rings. The van der Waals surface area contributed by atoms with Gasteiger partial charge in [-0.3, -0.25) is 4.79 Å². The Morgan fingerprint density at radius 2 is 1.82 bits per heavy atom. The third-order valence-corrected chi connectivity index (χ3v) is 5.30. The number of hydrogen-bond acceptors (Lipinski definition) is 3. The highest BCUT2D eigenvalue weighted by Crippen LogP contribution is 2.40. The third-order valence-electron chi connectivity index (χ3n) is 5.30. The van der Waals surface area contributed by atoms with E-state index in [1.54, 1.807) is 0 Å². The maximum Gasteiger partial charge on any atom is 0.337 e. The first-order chi connectivity index (χ1) is 13.6. The molecule has 1 heterocycles. The van der Waals surface area contributed by atoms with E-state index in [1.807, 2.05) is 42.5 Å². The van der Waals surface area contributed by atoms with E-state index >= 15 is 0 Å². The average molecular weight is 377 g/mol. The smallest absolute Gasteiger partial charge is 0.337 e. The maximum absolute atomic E-state index is 12.0. The molecule has 2 aromatic carbocycles. The molecule has 1 aromatic heterocycles. The van der Waals surface area contributed by atoms with Gasteiger partial charge in [0.05, 0.1) is 18.4 Å². The van der Waals surface area contributed by atoms with Crippen molar-refractivity contribution in [2.45, 2.75) is 45.4 Å². The van der Waals surface area contributed by atoms with Crippen LogP contribution in [-0.4, -0.2) is 24.3 Å². The number of rotatable bonds is 8. The summed E-state index contributed by atoms with van der Waals surface area (Å²) in [5, 5.41) is 1.11. The Bertz CT molecular complexity index is 981. The number of ether oxygens (including phenoxy) is 1. The second-order valence-corrected chi connectivity index (χ2v) is 7.14. The van der Waals surface area contributed by atoms with Gasteiger partial charge in [0.25, 0.3) is 0 Å². The molecule has 0 aliphatic heterocycles. The summed E-state index contributed by atoms with van der Waals surface area (Å²) in [6.07, 6.45) is 5.24. The number of hydrogen-bond donors (Lipinski definition) is 1. The second kappa shape index (κ2) is 8.87. The molecule has 0 aliphatic rings. The number of nitrogens with one attached hydrogen (secondary N) is 1. The molecule has 0 saturated carbocycles. The number of aromatic amines is 1. The Morgan fingerprint density at radius 1 is 1.11 bits per heavy atom. The van der Waals surface area contributed by atoms with Gasteiger partial charge in [-0.15, -0.1) is 0 Å². The van der Waals surface area contributed by atoms with Crippen LogP contribution in [0, 0.1) is 0 Å². The lowest BCUT2D eigenvalue weighted by molar-refractivity contribution is 0.0601. The van der Waals surface area contributed by atoms with Gasteiger partial charge in [0, 0.05) is 22.0 Å². The van der Waals surface area contributed by atoms with E-state index < -0.39 is 0 Å². The number of aromatic nitrogens is 1. The quantitative estimate of drug-likeness (QED) is 0.380. The molecule has 0 fully saturated rings. The van der Waals surface area contributed by atoms with Gasteiger partial charge in [0.15, 0.2) is 6.29 Å². The lowest BCUT2D eigenvalue weighted by Crippen LogP contribution is -2.02. The fourth-order valence-corrected chi connectivity index (χ4v) is 4.06. The molecule has 28 heavy (non-hydrogen) atoms. The van der Waals surface area contributed by atoms with Gasteiger partial charge < -0.3 is 9.72 Å². The van der Waals surface area contributed by atoms with E-state index in [9.17, 15) is 9.59 Å². The van der Waals surface area contributed by atoms with Gasteiger partial charge >= 0.3 is 5.97 Å². The minimum atomic E-state index is -0.355. The molecule has 0 amide bonds. The van der Waals surface area contributed by atoms with Crippen LogP contribution in [-0.2, 0) is 4.74 Å². The van der Waals surface area contributed by atoms with Crippen molar-refractivity contribution in [3.05, 3.63) is 59.2 Å². The number of methoxy groups -OCH3 is 1. The lowest BCUT2D eigenvalue weighted by Gasteiger charge is -2.18. The molecule has 0 radical (unpaired) electrons. The first-order valence-electron chi connectivity index (χ1n) is 9.93. The van der Waals surface area contributed by atoms with Crippen molar-refractivity contribution >= 4 is 23.2 Å². The minimum Gasteiger partial charge on any atom is -0.465 e. The molecule has 0 bridgehead atoms. The van der Waals surface area contributed by atoms with Gasteiger partial charge in [-0.1, -0.05) is 57.0 Å². The molecular formula is C24H27NO3. The SMILES string of the molecule is CCCC(CCC)c1c(-c2ccccc2C=O)[nH]c2cc(C(=O)OC)ccc12. The standard InChI is InChI=1S/C24H27NO3/c1-4-8-16(9-5-2)22-20-13-12-17(24(27)28-3)14-21(20)25-23(22)19-11-7-6-10-18(19)15-26/h6-7,10-16,25H,4-5,8-9H2,1-3H3. The lowest BCUT2D eigenvalue weighted by atomic mass is 9.86. The molecule has 1 N–H and O–H groups in total. The number of carbonyl (C=O) groups is 2. The molecule has 0 aliphatic carbocycles. The second-order valence-electron chi connectivity index (χ2n) is 7.14. The summed E-state index contributed by atoms with van der Waals surface area (Å²) in [6.45, 7) is 4.40. The number of H-pyrrole nitrogens is 1. The first-order valence-corrected chi connectivity index (χ1v) is 9.93. The molecule has 0 spiro atoms. The van der Waals surface area contributed by atoms with Crippen molar-refractivity contribution in [2.75, 3.05) is 7.11 Å². The van der Waals surface area contributed by atoms with Crippen LogP contribution >= 0.6 is 0 Å². The van der Waals surface area contributed by atoms with E-state index in [0.29, 0.717) is 17.0 Å². The topological polar surface area (TPSA) is 59.2 Å². The summed E-state index contributed by atoms with van der Waals surface area (Å²) in [7, 11) is 1.39. The highest BCUT2D eigenvalue weighted by molar-refractivity contribution is 5.99. The summed E-state index contributed by atoms with van der Waals surface area (Å²) < 4.78 is 4.87. The number of benzene rings is 2. The molecule has 4 nitrogen and oxygen atoms in total. The van der Waals surface area contributed by atoms with E-state index in [2.05, 4.69) is 18.8 Å². The Hall–Kier alpha value is -2.88. The Kier molecular flexibility index (Phi) is 6.30. The van der Waals surface area contributed by atoms with Gasteiger partial charge in [0.2, 0.25) is 0 Å². The van der Waals surface area contributed by atoms with Crippen LogP contribution in [0.3, 0.4) is 0 Å². The van der Waals surface area contributed by atoms with E-state index in [0.717, 1.165) is 54.1 Å². The van der Waals surface area contributed by atoms with Gasteiger partial charge in [-0.2, -0.15) is 0 Å². The van der Waals surface area contributed by atoms with Crippen molar-refractivity contribution in [3.63, 3.8) is 0 Å². The summed E-state index contributed by atoms with van der Waals surface area (Å²) >= 11 is 0. The number of aldehydes is 1. The van der Waals surface area contributed by atoms with Crippen LogP contribution in [0.15, 0.2) is 42.5 Å². The van der Waals surface area contributed by atoms with Crippen molar-refractivity contribution in [1.29, 1.82) is 0 Å². The fourth-order valence-electron chi connectivity index (χ4n) is 4.06. The summed E-state index contributed by atoms with van der Waals surface area (Å²) in [5.41, 5.74) is 5.19. The minimum absolute atomic E-state index is 0.355. The van der Waals surface area contributed by atoms with E-state index in [1.165, 1.54) is 12.7 Å². The van der Waals surface area contributed by atoms with Crippen LogP contribution in [0.1, 0.15) is 71.7 Å². The van der Waals surface area contributed by atoms with Crippen molar-refractivity contribution in [2.24, 2.45) is 0 Å². The zero-order valence-corrected chi connectivity index (χ0v) is 16.7. The normalized spacial score (nSPS) is 11.1. The predicted octanol–water partition coefficient (Wildman–Crippen LogP) is 6.12. The zero-order chi connectivity index (χ0) is 20.1. The van der Waals surface area contributed by atoms with Gasteiger partial charge in [-0.25, -0.2) is 4.79 Å². The van der Waals surface area contributed by atoms with Crippen LogP contribution in [0.4, 0.5) is 0 Å². The molecular weight excluding hydrogens is 350 g/mol. The zero-order valence-electron chi connectivity index (χ0n) is 16.7. The monoisotopic (exact) mass is 377 g/mol. The molecule has 146 valence electrons. The van der Waals surface area contributed by atoms with E-state index in [4.69, 9.17) is 4.74 Å². The largest absolute Gasteiger partial charge is 0.465 e. The fraction of sp³-hybridized carbons (Fsp3) is 0.333. The summed E-state index contributed by atoms with van der Waals surface area (Å²) in [4.78, 5) is 27.1. The van der Waals surface area contributed by atoms with Gasteiger partial charge in [0.1, 0.15) is 0 Å². The number of carbonyl (C=O) groups excluding carboxylic acids is 2. The molecule has 0 atom stereocenters. The van der Waals surface area contributed by atoms with Crippen LogP contribution in [0.2, 0.25) is 0 Å². The van der Waals surface area contributed by atoms with Crippen LogP contribution in [0.25, 0.3) is 22.2 Å². The third kappa shape index (κ3) is 3.72. The Morgan fingerprint density at radius 3 is 2.46 bits per heavy atom. The number of esters is 1. The van der Waals surface area contributed by atoms with Crippen molar-refractivity contribution in [3.8, 4) is 11.3 Å². The summed E-state index contributed by atoms with van der Waals surface area (Å²) in [6, 6.07) is 13.3. The molecule has 4 heteroatoms. The Labute approximate surface area is 165 Å². The maximum atomic E-state index is 12.0. The van der Waals surface area contributed by atoms with Crippen LogP contribution < -0.4 is 0 Å². The summed E-state index contributed by atoms with van der Waals surface area (Å²) in [5.74, 6) is 0.0361. The van der Waals surface area contributed by atoms with Crippen molar-refractivity contribution in [1.82, 2.24) is 4.98 Å².